The summed E-state index contributed by atoms with van der Waals surface area (Å²) in [6.45, 7) is 2.50. The first-order valence-electron chi connectivity index (χ1n) is 11.2. The number of carbonyl (C=O) groups is 2. The maximum Gasteiger partial charge on any atom is 0.261 e. The molecule has 1 spiro atoms. The fourth-order valence-electron chi connectivity index (χ4n) is 5.96. The number of halogens is 1. The molecule has 4 heterocycles. The zero-order valence-corrected chi connectivity index (χ0v) is 17.8. The van der Waals surface area contributed by atoms with E-state index in [-0.39, 0.29) is 55.0 Å². The van der Waals surface area contributed by atoms with Crippen molar-refractivity contribution >= 4 is 11.8 Å². The van der Waals surface area contributed by atoms with Gasteiger partial charge in [-0.25, -0.2) is 4.39 Å². The second-order valence-electron chi connectivity index (χ2n) is 9.31. The highest BCUT2D eigenvalue weighted by molar-refractivity contribution is 5.81. The Morgan fingerprint density at radius 3 is 2.74 bits per heavy atom. The van der Waals surface area contributed by atoms with Crippen molar-refractivity contribution < 1.29 is 28.2 Å². The molecule has 2 saturated heterocycles. The molecule has 1 aliphatic carbocycles. The van der Waals surface area contributed by atoms with Gasteiger partial charge in [0.05, 0.1) is 30.9 Å². The maximum absolute atomic E-state index is 14.7. The zero-order chi connectivity index (χ0) is 21.6. The molecule has 5 aliphatic rings. The number of hydrogen-bond donors (Lipinski definition) is 1. The summed E-state index contributed by atoms with van der Waals surface area (Å²) in [6, 6.07) is 4.37. The van der Waals surface area contributed by atoms with Gasteiger partial charge >= 0.3 is 0 Å². The molecule has 3 atom stereocenters. The van der Waals surface area contributed by atoms with Crippen LogP contribution >= 0.6 is 0 Å². The van der Waals surface area contributed by atoms with Gasteiger partial charge in [-0.1, -0.05) is 6.07 Å². The summed E-state index contributed by atoms with van der Waals surface area (Å²) in [5.41, 5.74) is -0.0883. The molecule has 31 heavy (non-hydrogen) atoms. The SMILES string of the molecule is C[C@@H]1C[C@@]2(COCC(=O)N2)[C@@H]2COC3CCC(CC3)c3c(F)cccc3OCC(=O)N12. The first kappa shape index (κ1) is 20.7. The Balaban J connectivity index is 1.48. The van der Waals surface area contributed by atoms with E-state index in [0.29, 0.717) is 30.9 Å². The van der Waals surface area contributed by atoms with E-state index in [4.69, 9.17) is 14.2 Å². The average molecular weight is 432 g/mol. The molecule has 2 amide bonds. The maximum atomic E-state index is 14.7. The van der Waals surface area contributed by atoms with Gasteiger partial charge in [0.1, 0.15) is 18.2 Å². The summed E-state index contributed by atoms with van der Waals surface area (Å²) in [6.07, 6.45) is 3.92. The number of ether oxygens (including phenoxy) is 3. The summed E-state index contributed by atoms with van der Waals surface area (Å²) < 4.78 is 32.5. The van der Waals surface area contributed by atoms with Crippen LogP contribution in [0.25, 0.3) is 0 Å². The monoisotopic (exact) mass is 432 g/mol. The van der Waals surface area contributed by atoms with Gasteiger partial charge in [0.15, 0.2) is 6.61 Å². The number of rotatable bonds is 0. The number of carbonyl (C=O) groups excluding carboxylic acids is 2. The molecule has 1 N–H and O–H groups in total. The predicted molar refractivity (Wildman–Crippen MR) is 109 cm³/mol. The Kier molecular flexibility index (Phi) is 5.38. The van der Waals surface area contributed by atoms with Gasteiger partial charge in [-0.3, -0.25) is 9.59 Å². The van der Waals surface area contributed by atoms with Crippen LogP contribution in [0.3, 0.4) is 0 Å². The van der Waals surface area contributed by atoms with Gasteiger partial charge in [-0.05, 0) is 57.1 Å². The van der Waals surface area contributed by atoms with Crippen molar-refractivity contribution in [3.63, 3.8) is 0 Å². The Bertz CT molecular complexity index is 872. The Morgan fingerprint density at radius 2 is 1.97 bits per heavy atom. The number of hydrogen-bond acceptors (Lipinski definition) is 5. The normalized spacial score (nSPS) is 36.0. The molecule has 4 aliphatic heterocycles. The fourth-order valence-corrected chi connectivity index (χ4v) is 5.96. The van der Waals surface area contributed by atoms with Crippen LogP contribution in [-0.2, 0) is 19.1 Å². The van der Waals surface area contributed by atoms with E-state index in [1.165, 1.54) is 6.07 Å². The highest BCUT2D eigenvalue weighted by Crippen LogP contribution is 2.41. The topological polar surface area (TPSA) is 77.1 Å². The minimum Gasteiger partial charge on any atom is -0.483 e. The number of nitrogens with zero attached hydrogens (tertiary/aromatic N) is 1. The molecule has 0 radical (unpaired) electrons. The van der Waals surface area contributed by atoms with Crippen LogP contribution in [0.1, 0.15) is 50.5 Å². The standard InChI is InChI=1S/C23H29FN2O5/c1-14-9-23(13-29-11-20(27)25-23)19-10-30-16-7-5-15(6-8-16)22-17(24)3-2-4-18(22)31-12-21(28)26(14)19/h2-4,14-16,19H,5-13H2,1H3,(H,25,27)/t14-,15?,16?,19+,23-/m1/s1. The van der Waals surface area contributed by atoms with Crippen LogP contribution in [0.15, 0.2) is 18.2 Å². The summed E-state index contributed by atoms with van der Waals surface area (Å²) in [4.78, 5) is 27.2. The lowest BCUT2D eigenvalue weighted by Gasteiger charge is -2.41. The van der Waals surface area contributed by atoms with Crippen molar-refractivity contribution in [1.82, 2.24) is 10.2 Å². The van der Waals surface area contributed by atoms with Crippen LogP contribution in [0, 0.1) is 5.82 Å². The smallest absolute Gasteiger partial charge is 0.261 e. The highest BCUT2D eigenvalue weighted by atomic mass is 19.1. The zero-order valence-electron chi connectivity index (χ0n) is 17.8. The molecule has 3 fully saturated rings. The number of nitrogens with one attached hydrogen (secondary N) is 1. The molecule has 7 nitrogen and oxygen atoms in total. The van der Waals surface area contributed by atoms with Gasteiger partial charge in [0, 0.05) is 11.6 Å². The van der Waals surface area contributed by atoms with E-state index in [0.717, 1.165) is 25.7 Å². The summed E-state index contributed by atoms with van der Waals surface area (Å²) in [7, 11) is 0. The van der Waals surface area contributed by atoms with E-state index in [1.54, 1.807) is 17.0 Å². The summed E-state index contributed by atoms with van der Waals surface area (Å²) in [5.74, 6) is -0.138. The molecule has 2 bridgehead atoms. The molecule has 1 aromatic rings. The third-order valence-electron chi connectivity index (χ3n) is 7.31. The van der Waals surface area contributed by atoms with Gasteiger partial charge < -0.3 is 24.4 Å². The minimum absolute atomic E-state index is 0.0348. The van der Waals surface area contributed by atoms with Crippen molar-refractivity contribution in [2.75, 3.05) is 26.4 Å². The van der Waals surface area contributed by atoms with E-state index in [1.807, 2.05) is 6.92 Å². The first-order valence-corrected chi connectivity index (χ1v) is 11.2. The molecule has 0 aromatic heterocycles. The molecule has 1 saturated carbocycles. The number of benzene rings is 1. The lowest BCUT2D eigenvalue weighted by Crippen LogP contribution is -2.65. The van der Waals surface area contributed by atoms with Crippen molar-refractivity contribution in [1.29, 1.82) is 0 Å². The van der Waals surface area contributed by atoms with Crippen molar-refractivity contribution in [2.24, 2.45) is 0 Å². The Labute approximate surface area is 181 Å². The number of amides is 2. The fraction of sp³-hybridized carbons (Fsp3) is 0.652. The molecule has 0 unspecified atom stereocenters. The van der Waals surface area contributed by atoms with E-state index < -0.39 is 5.54 Å². The molecule has 1 aromatic carbocycles. The minimum atomic E-state index is -0.661. The average Bonchev–Trinajstić information content (AvgIpc) is 3.01. The molecule has 8 heteroatoms. The Hall–Kier alpha value is -2.19. The Morgan fingerprint density at radius 1 is 1.16 bits per heavy atom. The van der Waals surface area contributed by atoms with E-state index in [9.17, 15) is 14.0 Å². The first-order chi connectivity index (χ1) is 15.0. The van der Waals surface area contributed by atoms with Crippen LogP contribution in [0.4, 0.5) is 4.39 Å². The highest BCUT2D eigenvalue weighted by Gasteiger charge is 2.55. The molecular weight excluding hydrogens is 403 g/mol. The van der Waals surface area contributed by atoms with E-state index in [2.05, 4.69) is 5.32 Å². The second-order valence-corrected chi connectivity index (χ2v) is 9.31. The van der Waals surface area contributed by atoms with E-state index >= 15 is 0 Å². The van der Waals surface area contributed by atoms with Gasteiger partial charge in [-0.15, -0.1) is 0 Å². The van der Waals surface area contributed by atoms with Crippen molar-refractivity contribution in [2.45, 2.75) is 68.7 Å². The van der Waals surface area contributed by atoms with Crippen molar-refractivity contribution in [3.8, 4) is 5.75 Å². The largest absolute Gasteiger partial charge is 0.483 e. The van der Waals surface area contributed by atoms with Crippen LogP contribution < -0.4 is 10.1 Å². The van der Waals surface area contributed by atoms with Crippen molar-refractivity contribution in [3.05, 3.63) is 29.6 Å². The third kappa shape index (κ3) is 3.69. The lowest BCUT2D eigenvalue weighted by atomic mass is 9.82. The second kappa shape index (κ2) is 8.06. The van der Waals surface area contributed by atoms with Crippen LogP contribution in [-0.4, -0.2) is 66.9 Å². The van der Waals surface area contributed by atoms with Gasteiger partial charge in [0.2, 0.25) is 5.91 Å². The lowest BCUT2D eigenvalue weighted by molar-refractivity contribution is -0.145. The third-order valence-corrected chi connectivity index (χ3v) is 7.31. The number of morpholine rings is 1. The van der Waals surface area contributed by atoms with Gasteiger partial charge in [-0.2, -0.15) is 0 Å². The van der Waals surface area contributed by atoms with Crippen LogP contribution in [0.2, 0.25) is 0 Å². The molecule has 168 valence electrons. The molecular formula is C23H29FN2O5. The quantitative estimate of drug-likeness (QED) is 0.680. The summed E-state index contributed by atoms with van der Waals surface area (Å²) >= 11 is 0. The molecule has 6 rings (SSSR count). The number of fused-ring (bicyclic) bond motifs is 5. The summed E-state index contributed by atoms with van der Waals surface area (Å²) in [5, 5.41) is 3.10. The van der Waals surface area contributed by atoms with Gasteiger partial charge in [0.25, 0.3) is 5.91 Å². The van der Waals surface area contributed by atoms with Crippen LogP contribution in [0.5, 0.6) is 5.75 Å². The predicted octanol–water partition coefficient (Wildman–Crippen LogP) is 2.14.